The Kier molecular flexibility index (Phi) is 24.3. The number of esters is 2. The van der Waals surface area contributed by atoms with Crippen LogP contribution in [0.1, 0.15) is 106 Å². The third-order valence-electron chi connectivity index (χ3n) is 9.43. The van der Waals surface area contributed by atoms with E-state index in [1.165, 1.54) is 19.4 Å². The zero-order valence-electron chi connectivity index (χ0n) is 39.6. The summed E-state index contributed by atoms with van der Waals surface area (Å²) < 4.78 is 27.5. The van der Waals surface area contributed by atoms with Gasteiger partial charge in [0, 0.05) is 51.1 Å². The van der Waals surface area contributed by atoms with Crippen LogP contribution in [0.25, 0.3) is 0 Å². The second-order valence-corrected chi connectivity index (χ2v) is 32.9. The number of ketones is 2. The molecule has 1 aliphatic heterocycles. The molecule has 13 heteroatoms. The quantitative estimate of drug-likeness (QED) is 0.0649. The monoisotopic (exact) mass is 869 g/mol. The molecule has 0 bridgehead atoms. The van der Waals surface area contributed by atoms with Crippen LogP contribution < -0.4 is 0 Å². The Morgan fingerprint density at radius 3 is 1.60 bits per heavy atom. The molecule has 0 amide bonds. The van der Waals surface area contributed by atoms with Crippen LogP contribution in [0.4, 0.5) is 0 Å². The molecule has 0 radical (unpaired) electrons. The van der Waals surface area contributed by atoms with Crippen molar-refractivity contribution in [1.29, 1.82) is 0 Å². The SMILES string of the molecule is COC(=O)CCC/C=C(/CC1=CC(OC(C)(C)C)CC1=O)[Si](C)(C)C.COC(=O)CCCC1OC1(CC1=CC(OC(C)(C)C)CC1=O)[Si](C)(C)C.C[SiH2]C.C[SiH2]C. The Bertz CT molecular complexity index is 1380. The van der Waals surface area contributed by atoms with Gasteiger partial charge in [-0.1, -0.05) is 76.7 Å². The number of unbranched alkanes of at least 4 members (excludes halogenated alkanes) is 1. The van der Waals surface area contributed by atoms with Crippen molar-refractivity contribution in [1.82, 2.24) is 0 Å². The second kappa shape index (κ2) is 25.1. The number of ether oxygens (including phenoxy) is 5. The van der Waals surface area contributed by atoms with E-state index < -0.39 is 16.1 Å². The Balaban J connectivity index is 0.000000967. The van der Waals surface area contributed by atoms with Gasteiger partial charge in [-0.05, 0) is 96.9 Å². The number of Topliss-reactive ketones (excluding diaryl/α,β-unsaturated/α-hetero) is 2. The number of hydrogen-bond acceptors (Lipinski definition) is 9. The van der Waals surface area contributed by atoms with E-state index in [0.717, 1.165) is 43.3 Å². The van der Waals surface area contributed by atoms with E-state index in [0.29, 0.717) is 51.1 Å². The largest absolute Gasteiger partial charge is 0.469 e. The summed E-state index contributed by atoms with van der Waals surface area (Å²) in [5.41, 5.74) is 1.23. The van der Waals surface area contributed by atoms with Crippen molar-refractivity contribution in [3.8, 4) is 0 Å². The molecule has 1 saturated heterocycles. The Hall–Kier alpha value is -1.75. The smallest absolute Gasteiger partial charge is 0.305 e. The molecule has 9 nitrogen and oxygen atoms in total. The highest BCUT2D eigenvalue weighted by Crippen LogP contribution is 2.51. The van der Waals surface area contributed by atoms with Crippen LogP contribution in [0.5, 0.6) is 0 Å². The molecule has 3 rings (SSSR count). The standard InChI is InChI=1S/C20H34O5Si.C20H34O4Si.2C2H8Si/c1-19(2,3)24-15-11-14(16(21)12-15)13-20(26(5,6)7)17(25-20)9-8-10-18(22)23-4;1-20(2,3)24-16-12-15(18(21)14-16)13-17(25(5,6)7)10-8-9-11-19(22)23-4;2*1-3-2/h11,15,17H,8-10,12-13H2,1-7H3;10,12,16H,8-9,11,13-14H2,1-7H3;2*3H2,1-2H3/b;17-10-;;. The molecule has 1 heterocycles. The van der Waals surface area contributed by atoms with Gasteiger partial charge >= 0.3 is 11.9 Å². The van der Waals surface area contributed by atoms with Crippen molar-refractivity contribution in [2.75, 3.05) is 14.2 Å². The summed E-state index contributed by atoms with van der Waals surface area (Å²) >= 11 is 0. The van der Waals surface area contributed by atoms with Gasteiger partial charge in [0.25, 0.3) is 0 Å². The van der Waals surface area contributed by atoms with Gasteiger partial charge in [-0.3, -0.25) is 19.2 Å². The summed E-state index contributed by atoms with van der Waals surface area (Å²) in [4.78, 5) is 47.4. The van der Waals surface area contributed by atoms with E-state index in [-0.39, 0.29) is 58.2 Å². The number of rotatable bonds is 16. The zero-order chi connectivity index (χ0) is 44.4. The molecule has 0 aromatic heterocycles. The van der Waals surface area contributed by atoms with Crippen LogP contribution >= 0.6 is 0 Å². The van der Waals surface area contributed by atoms with Crippen LogP contribution in [-0.4, -0.2) is 108 Å². The molecule has 57 heavy (non-hydrogen) atoms. The van der Waals surface area contributed by atoms with Gasteiger partial charge in [-0.25, -0.2) is 0 Å². The van der Waals surface area contributed by atoms with Crippen LogP contribution in [-0.2, 0) is 42.9 Å². The van der Waals surface area contributed by atoms with Crippen molar-refractivity contribution in [2.45, 2.75) is 206 Å². The van der Waals surface area contributed by atoms with Crippen LogP contribution in [0, 0.1) is 0 Å². The minimum Gasteiger partial charge on any atom is -0.469 e. The van der Waals surface area contributed by atoms with E-state index in [1.54, 1.807) is 0 Å². The van der Waals surface area contributed by atoms with Gasteiger partial charge in [0.1, 0.15) is 0 Å². The van der Waals surface area contributed by atoms with Crippen molar-refractivity contribution >= 4 is 58.7 Å². The molecule has 0 aromatic rings. The summed E-state index contributed by atoms with van der Waals surface area (Å²) in [5.74, 6) is 0.0348. The van der Waals surface area contributed by atoms with Gasteiger partial charge in [0.2, 0.25) is 0 Å². The summed E-state index contributed by atoms with van der Waals surface area (Å²) in [5, 5.41) is 1.16. The van der Waals surface area contributed by atoms with Gasteiger partial charge in [0.05, 0.1) is 65.1 Å². The number of carbonyl (C=O) groups is 4. The summed E-state index contributed by atoms with van der Waals surface area (Å²) in [6, 6.07) is 0. The Morgan fingerprint density at radius 2 is 1.19 bits per heavy atom. The number of carbonyl (C=O) groups excluding carboxylic acids is 4. The van der Waals surface area contributed by atoms with E-state index in [4.69, 9.17) is 18.9 Å². The molecule has 0 spiro atoms. The van der Waals surface area contributed by atoms with Gasteiger partial charge < -0.3 is 23.7 Å². The lowest BCUT2D eigenvalue weighted by molar-refractivity contribution is -0.141. The molecule has 0 N–H and O–H groups in total. The van der Waals surface area contributed by atoms with E-state index in [9.17, 15) is 19.2 Å². The van der Waals surface area contributed by atoms with E-state index >= 15 is 0 Å². The molecule has 0 aromatic carbocycles. The number of hydrogen-bond donors (Lipinski definition) is 0. The minimum absolute atomic E-state index is 0.107. The molecule has 2 aliphatic carbocycles. The van der Waals surface area contributed by atoms with Crippen LogP contribution in [0.2, 0.25) is 65.5 Å². The minimum atomic E-state index is -1.66. The summed E-state index contributed by atoms with van der Waals surface area (Å²) in [6.07, 6.45) is 12.5. The topological polar surface area (TPSA) is 118 Å². The predicted molar refractivity (Wildman–Crippen MR) is 249 cm³/mol. The predicted octanol–water partition coefficient (Wildman–Crippen LogP) is 8.93. The average Bonchev–Trinajstić information content (AvgIpc) is 3.52. The van der Waals surface area contributed by atoms with Gasteiger partial charge in [-0.2, -0.15) is 0 Å². The molecular formula is C44H84O9Si4. The normalized spacial score (nSPS) is 22.2. The number of epoxide rings is 1. The zero-order valence-corrected chi connectivity index (χ0v) is 44.5. The summed E-state index contributed by atoms with van der Waals surface area (Å²) in [6.45, 7) is 34.9. The lowest BCUT2D eigenvalue weighted by atomic mass is 10.0. The number of methoxy groups -OCH3 is 2. The third-order valence-corrected chi connectivity index (χ3v) is 14.9. The van der Waals surface area contributed by atoms with Crippen molar-refractivity contribution in [2.24, 2.45) is 0 Å². The third kappa shape index (κ3) is 21.9. The lowest BCUT2D eigenvalue weighted by Crippen LogP contribution is -2.44. The first-order valence-corrected chi connectivity index (χ1v) is 34.1. The Labute approximate surface area is 354 Å². The molecule has 4 atom stereocenters. The second-order valence-electron chi connectivity index (χ2n) is 19.6. The van der Waals surface area contributed by atoms with Crippen molar-refractivity contribution < 1.29 is 42.9 Å². The highest BCUT2D eigenvalue weighted by Gasteiger charge is 2.63. The first kappa shape index (κ1) is 55.2. The maximum Gasteiger partial charge on any atom is 0.305 e. The molecule has 0 saturated carbocycles. The van der Waals surface area contributed by atoms with E-state index in [1.807, 2.05) is 53.7 Å². The lowest BCUT2D eigenvalue weighted by Gasteiger charge is -2.27. The summed E-state index contributed by atoms with van der Waals surface area (Å²) in [7, 11) is 0.476. The highest BCUT2D eigenvalue weighted by atomic mass is 28.3. The maximum absolute atomic E-state index is 12.5. The van der Waals surface area contributed by atoms with Gasteiger partial charge in [-0.15, -0.1) is 0 Å². The molecular weight excluding hydrogens is 785 g/mol. The first-order valence-electron chi connectivity index (χ1n) is 21.5. The fourth-order valence-electron chi connectivity index (χ4n) is 6.64. The van der Waals surface area contributed by atoms with Crippen molar-refractivity contribution in [3.63, 3.8) is 0 Å². The Morgan fingerprint density at radius 1 is 0.772 bits per heavy atom. The average molecular weight is 869 g/mol. The molecule has 4 unspecified atom stereocenters. The highest BCUT2D eigenvalue weighted by molar-refractivity contribution is 6.83. The van der Waals surface area contributed by atoms with Crippen molar-refractivity contribution in [3.05, 3.63) is 34.6 Å². The fourth-order valence-corrected chi connectivity index (χ4v) is 10.4. The number of allylic oxidation sites excluding steroid dienone is 3. The fraction of sp³-hybridized carbons (Fsp3) is 0.773. The molecule has 1 fully saturated rings. The first-order chi connectivity index (χ1) is 26.1. The molecule has 3 aliphatic rings. The maximum atomic E-state index is 12.5. The van der Waals surface area contributed by atoms with Gasteiger partial charge in [0.15, 0.2) is 11.6 Å². The van der Waals surface area contributed by atoms with Crippen LogP contribution in [0.15, 0.2) is 34.6 Å². The van der Waals surface area contributed by atoms with Crippen LogP contribution in [0.3, 0.4) is 0 Å². The van der Waals surface area contributed by atoms with E-state index in [2.05, 4.69) is 76.3 Å². The molecule has 330 valence electrons.